The maximum absolute atomic E-state index is 9.41. The molecule has 1 heterocycles. The first kappa shape index (κ1) is 16.9. The van der Waals surface area contributed by atoms with Crippen LogP contribution in [0.5, 0.6) is 0 Å². The minimum absolute atomic E-state index is 0.433. The molecule has 0 aliphatic carbocycles. The van der Waals surface area contributed by atoms with Crippen molar-refractivity contribution < 1.29 is 4.42 Å². The first-order chi connectivity index (χ1) is 12.1. The second kappa shape index (κ2) is 7.28. The van der Waals surface area contributed by atoms with Gasteiger partial charge in [-0.3, -0.25) is 0 Å². The number of nitrogens with zero attached hydrogens (tertiary/aromatic N) is 2. The maximum atomic E-state index is 9.41. The molecule has 0 unspecified atom stereocenters. The Bertz CT molecular complexity index is 1030. The molecule has 0 atom stereocenters. The molecule has 3 nitrogen and oxygen atoms in total. The fraction of sp³-hybridized carbons (Fsp3) is 0. The number of rotatable bonds is 3. The molecule has 0 bridgehead atoms. The molecule has 0 radical (unpaired) electrons. The number of benzene rings is 2. The van der Waals surface area contributed by atoms with Gasteiger partial charge in [-0.25, -0.2) is 0 Å². The second-order valence-corrected chi connectivity index (χ2v) is 6.03. The lowest BCUT2D eigenvalue weighted by Gasteiger charge is -2.01. The van der Waals surface area contributed by atoms with E-state index in [1.807, 2.05) is 6.07 Å². The van der Waals surface area contributed by atoms with Crippen LogP contribution in [0.1, 0.15) is 16.9 Å². The number of allylic oxidation sites excluding steroid dienone is 1. The summed E-state index contributed by atoms with van der Waals surface area (Å²) in [7, 11) is 0. The van der Waals surface area contributed by atoms with Crippen LogP contribution in [0.15, 0.2) is 59.0 Å². The van der Waals surface area contributed by atoms with Crippen molar-refractivity contribution in [3.63, 3.8) is 0 Å². The molecule has 0 fully saturated rings. The van der Waals surface area contributed by atoms with Crippen LogP contribution in [-0.4, -0.2) is 0 Å². The summed E-state index contributed by atoms with van der Waals surface area (Å²) in [6, 6.07) is 19.6. The van der Waals surface area contributed by atoms with E-state index >= 15 is 0 Å². The number of halogens is 2. The molecule has 0 saturated heterocycles. The van der Waals surface area contributed by atoms with Gasteiger partial charge in [-0.15, -0.1) is 0 Å². The largest absolute Gasteiger partial charge is 0.457 e. The van der Waals surface area contributed by atoms with Gasteiger partial charge in [0.2, 0.25) is 0 Å². The van der Waals surface area contributed by atoms with Gasteiger partial charge >= 0.3 is 0 Å². The Morgan fingerprint density at radius 1 is 0.960 bits per heavy atom. The minimum atomic E-state index is 0.433. The molecule has 0 spiro atoms. The van der Waals surface area contributed by atoms with Crippen LogP contribution < -0.4 is 0 Å². The van der Waals surface area contributed by atoms with Gasteiger partial charge in [0.05, 0.1) is 28.3 Å². The van der Waals surface area contributed by atoms with Crippen molar-refractivity contribution in [1.29, 1.82) is 10.5 Å². The average molecular weight is 365 g/mol. The van der Waals surface area contributed by atoms with Crippen molar-refractivity contribution in [2.24, 2.45) is 0 Å². The highest BCUT2D eigenvalue weighted by Crippen LogP contribution is 2.32. The highest BCUT2D eigenvalue weighted by atomic mass is 35.5. The Morgan fingerprint density at radius 2 is 1.72 bits per heavy atom. The number of furan rings is 1. The first-order valence-electron chi connectivity index (χ1n) is 7.28. The second-order valence-electron chi connectivity index (χ2n) is 5.19. The van der Waals surface area contributed by atoms with Crippen LogP contribution in [0.2, 0.25) is 10.0 Å². The van der Waals surface area contributed by atoms with Gasteiger partial charge in [-0.1, -0.05) is 35.3 Å². The normalized spacial score (nSPS) is 11.0. The van der Waals surface area contributed by atoms with E-state index in [0.29, 0.717) is 43.8 Å². The Morgan fingerprint density at radius 3 is 2.40 bits per heavy atom. The summed E-state index contributed by atoms with van der Waals surface area (Å²) < 4.78 is 5.78. The molecule has 5 heteroatoms. The van der Waals surface area contributed by atoms with Crippen molar-refractivity contribution in [3.05, 3.63) is 81.5 Å². The monoisotopic (exact) mass is 364 g/mol. The summed E-state index contributed by atoms with van der Waals surface area (Å²) in [6.45, 7) is 0. The van der Waals surface area contributed by atoms with Gasteiger partial charge in [0.15, 0.2) is 0 Å². The zero-order valence-electron chi connectivity index (χ0n) is 12.8. The summed E-state index contributed by atoms with van der Waals surface area (Å²) >= 11 is 12.2. The molecule has 25 heavy (non-hydrogen) atoms. The predicted octanol–water partition coefficient (Wildman–Crippen LogP) is 6.19. The third kappa shape index (κ3) is 3.75. The summed E-state index contributed by atoms with van der Waals surface area (Å²) in [5.41, 5.74) is 2.37. The van der Waals surface area contributed by atoms with Crippen LogP contribution in [0, 0.1) is 22.7 Å². The number of hydrogen-bond donors (Lipinski definition) is 0. The standard InChI is InChI=1S/C20H10Cl2N2O/c21-16-5-7-19(22)18(10-16)20-8-6-17(25-20)9-15(12-24)14-3-1-13(11-23)2-4-14/h1-10H/b15-9-. The van der Waals surface area contributed by atoms with Gasteiger partial charge in [0, 0.05) is 10.6 Å². The summed E-state index contributed by atoms with van der Waals surface area (Å²) in [6.07, 6.45) is 1.64. The third-order valence-corrected chi connectivity index (χ3v) is 4.12. The molecule has 0 amide bonds. The van der Waals surface area contributed by atoms with Crippen molar-refractivity contribution in [2.45, 2.75) is 0 Å². The van der Waals surface area contributed by atoms with E-state index in [4.69, 9.17) is 32.9 Å². The zero-order chi connectivity index (χ0) is 17.8. The van der Waals surface area contributed by atoms with Crippen LogP contribution in [0.4, 0.5) is 0 Å². The molecule has 2 aromatic carbocycles. The SMILES string of the molecule is N#C/C(=C/c1ccc(-c2cc(Cl)ccc2Cl)o1)c1ccc(C#N)cc1. The Hall–Kier alpha value is -2.98. The lowest BCUT2D eigenvalue weighted by Crippen LogP contribution is -1.82. The predicted molar refractivity (Wildman–Crippen MR) is 98.8 cm³/mol. The van der Waals surface area contributed by atoms with E-state index in [-0.39, 0.29) is 0 Å². The van der Waals surface area contributed by atoms with Crippen molar-refractivity contribution in [1.82, 2.24) is 0 Å². The Kier molecular flexibility index (Phi) is 4.91. The molecule has 1 aromatic heterocycles. The van der Waals surface area contributed by atoms with E-state index in [2.05, 4.69) is 6.07 Å². The minimum Gasteiger partial charge on any atom is -0.457 e. The van der Waals surface area contributed by atoms with Gasteiger partial charge in [-0.05, 0) is 54.1 Å². The van der Waals surface area contributed by atoms with Crippen LogP contribution in [-0.2, 0) is 0 Å². The van der Waals surface area contributed by atoms with Crippen molar-refractivity contribution in [3.8, 4) is 23.5 Å². The third-order valence-electron chi connectivity index (χ3n) is 3.55. The lowest BCUT2D eigenvalue weighted by molar-refractivity contribution is 0.572. The van der Waals surface area contributed by atoms with E-state index in [0.717, 1.165) is 0 Å². The van der Waals surface area contributed by atoms with Gasteiger partial charge in [0.1, 0.15) is 11.5 Å². The molecular weight excluding hydrogens is 355 g/mol. The molecule has 0 saturated carbocycles. The summed E-state index contributed by atoms with van der Waals surface area (Å²) in [5, 5.41) is 19.3. The highest BCUT2D eigenvalue weighted by molar-refractivity contribution is 6.35. The molecular formula is C20H10Cl2N2O. The zero-order valence-corrected chi connectivity index (χ0v) is 14.3. The Labute approximate surface area is 155 Å². The van der Waals surface area contributed by atoms with Gasteiger partial charge in [-0.2, -0.15) is 10.5 Å². The number of hydrogen-bond acceptors (Lipinski definition) is 3. The molecule has 0 aliphatic heterocycles. The van der Waals surface area contributed by atoms with Gasteiger partial charge in [0.25, 0.3) is 0 Å². The van der Waals surface area contributed by atoms with Crippen LogP contribution in [0.25, 0.3) is 23.0 Å². The summed E-state index contributed by atoms with van der Waals surface area (Å²) in [5.74, 6) is 1.09. The van der Waals surface area contributed by atoms with E-state index in [1.54, 1.807) is 60.7 Å². The van der Waals surface area contributed by atoms with Gasteiger partial charge < -0.3 is 4.42 Å². The molecule has 0 aliphatic rings. The van der Waals surface area contributed by atoms with Crippen LogP contribution >= 0.6 is 23.2 Å². The quantitative estimate of drug-likeness (QED) is 0.520. The fourth-order valence-electron chi connectivity index (χ4n) is 2.31. The molecule has 120 valence electrons. The van der Waals surface area contributed by atoms with Crippen molar-refractivity contribution in [2.75, 3.05) is 0 Å². The van der Waals surface area contributed by atoms with Crippen LogP contribution in [0.3, 0.4) is 0 Å². The molecule has 0 N–H and O–H groups in total. The first-order valence-corrected chi connectivity index (χ1v) is 8.04. The van der Waals surface area contributed by atoms with Crippen molar-refractivity contribution >= 4 is 34.9 Å². The van der Waals surface area contributed by atoms with E-state index < -0.39 is 0 Å². The molecule has 3 rings (SSSR count). The Balaban J connectivity index is 1.95. The van der Waals surface area contributed by atoms with E-state index in [1.165, 1.54) is 0 Å². The highest BCUT2D eigenvalue weighted by Gasteiger charge is 2.10. The summed E-state index contributed by atoms with van der Waals surface area (Å²) in [4.78, 5) is 0. The maximum Gasteiger partial charge on any atom is 0.136 e. The number of nitriles is 2. The topological polar surface area (TPSA) is 60.7 Å². The fourth-order valence-corrected chi connectivity index (χ4v) is 2.69. The smallest absolute Gasteiger partial charge is 0.136 e. The van der Waals surface area contributed by atoms with E-state index in [9.17, 15) is 5.26 Å². The molecule has 3 aromatic rings. The average Bonchev–Trinajstić information content (AvgIpc) is 3.10. The lowest BCUT2D eigenvalue weighted by atomic mass is 10.0.